The summed E-state index contributed by atoms with van der Waals surface area (Å²) in [6.45, 7) is -0.725. The second kappa shape index (κ2) is 18.1. The largest absolute Gasteiger partial charge is 0.396 e. The molecule has 0 aromatic rings. The smallest absolute Gasteiger partial charge is 0.199 e. The molecule has 260 valence electrons. The molecular weight excluding hydrogens is 592 g/mol. The number of ether oxygens (including phenoxy) is 5. The lowest BCUT2D eigenvalue weighted by Gasteiger charge is -2.40. The first-order valence-corrected chi connectivity index (χ1v) is 15.3. The highest BCUT2D eigenvalue weighted by atomic mass is 16.5. The highest BCUT2D eigenvalue weighted by Crippen LogP contribution is 2.29. The molecule has 16 nitrogen and oxygen atoms in total. The average Bonchev–Trinajstić information content (AvgIpc) is 3.14. The summed E-state index contributed by atoms with van der Waals surface area (Å²) in [5.74, 6) is -7.05. The van der Waals surface area contributed by atoms with Crippen molar-refractivity contribution in [2.75, 3.05) is 79.3 Å². The van der Waals surface area contributed by atoms with Crippen LogP contribution in [0.25, 0.3) is 0 Å². The molecule has 0 aromatic carbocycles. The van der Waals surface area contributed by atoms with Gasteiger partial charge in [0.2, 0.25) is 0 Å². The molecule has 0 spiro atoms. The van der Waals surface area contributed by atoms with E-state index in [-0.39, 0.29) is 85.5 Å². The predicted octanol–water partition coefficient (Wildman–Crippen LogP) is -5.22. The van der Waals surface area contributed by atoms with Gasteiger partial charge in [0.05, 0.1) is 103 Å². The van der Waals surface area contributed by atoms with Crippen molar-refractivity contribution < 1.29 is 79.9 Å². The lowest BCUT2D eigenvalue weighted by atomic mass is 9.84. The Kier molecular flexibility index (Phi) is 15.5. The monoisotopic (exact) mass is 644 g/mol. The molecule has 0 radical (unpaired) electrons. The van der Waals surface area contributed by atoms with Crippen LogP contribution < -0.4 is 0 Å². The molecular formula is C28H52O16. The van der Waals surface area contributed by atoms with Gasteiger partial charge in [-0.2, -0.15) is 0 Å². The maximum absolute atomic E-state index is 10.7. The van der Waals surface area contributed by atoms with Gasteiger partial charge in [-0.3, -0.25) is 0 Å². The van der Waals surface area contributed by atoms with Gasteiger partial charge in [0.1, 0.15) is 12.2 Å². The molecule has 0 bridgehead atoms. The van der Waals surface area contributed by atoms with Crippen molar-refractivity contribution in [3.05, 3.63) is 0 Å². The van der Waals surface area contributed by atoms with Gasteiger partial charge in [0.15, 0.2) is 5.79 Å². The van der Waals surface area contributed by atoms with Crippen molar-refractivity contribution in [3.63, 3.8) is 0 Å². The molecule has 13 unspecified atom stereocenters. The summed E-state index contributed by atoms with van der Waals surface area (Å²) in [7, 11) is 0. The first-order valence-electron chi connectivity index (χ1n) is 15.3. The average molecular weight is 645 g/mol. The van der Waals surface area contributed by atoms with Crippen LogP contribution in [0.15, 0.2) is 0 Å². The minimum Gasteiger partial charge on any atom is -0.396 e. The van der Waals surface area contributed by atoms with Crippen LogP contribution in [0.4, 0.5) is 0 Å². The number of rotatable bonds is 12. The zero-order valence-corrected chi connectivity index (χ0v) is 24.9. The molecule has 0 aromatic heterocycles. The van der Waals surface area contributed by atoms with E-state index < -0.39 is 90.6 Å². The van der Waals surface area contributed by atoms with Crippen LogP contribution in [0.5, 0.6) is 0 Å². The van der Waals surface area contributed by atoms with Crippen LogP contribution in [-0.2, 0) is 23.7 Å². The number of hydrogen-bond acceptors (Lipinski definition) is 16. The van der Waals surface area contributed by atoms with Gasteiger partial charge in [0.25, 0.3) is 0 Å². The van der Waals surface area contributed by atoms with Gasteiger partial charge in [-0.25, -0.2) is 0 Å². The molecule has 16 heteroatoms. The highest BCUT2D eigenvalue weighted by Gasteiger charge is 2.48. The van der Waals surface area contributed by atoms with Crippen LogP contribution in [0, 0.1) is 35.5 Å². The van der Waals surface area contributed by atoms with Crippen molar-refractivity contribution in [2.24, 2.45) is 35.5 Å². The predicted molar refractivity (Wildman–Crippen MR) is 148 cm³/mol. The summed E-state index contributed by atoms with van der Waals surface area (Å²) in [6, 6.07) is 0. The Morgan fingerprint density at radius 1 is 0.500 bits per heavy atom. The first-order chi connectivity index (χ1) is 20.9. The first kappa shape index (κ1) is 37.8. The van der Waals surface area contributed by atoms with E-state index in [2.05, 4.69) is 0 Å². The van der Waals surface area contributed by atoms with E-state index >= 15 is 0 Å². The Bertz CT molecular complexity index is 806. The van der Waals surface area contributed by atoms with E-state index in [1.807, 2.05) is 0 Å². The Hall–Kier alpha value is -0.640. The molecule has 3 fully saturated rings. The highest BCUT2D eigenvalue weighted by molar-refractivity contribution is 4.92. The van der Waals surface area contributed by atoms with Gasteiger partial charge >= 0.3 is 0 Å². The van der Waals surface area contributed by atoms with Crippen molar-refractivity contribution in [3.8, 4) is 0 Å². The molecule has 44 heavy (non-hydrogen) atoms. The Morgan fingerprint density at radius 2 is 0.932 bits per heavy atom. The van der Waals surface area contributed by atoms with E-state index in [0.29, 0.717) is 0 Å². The van der Waals surface area contributed by atoms with Crippen LogP contribution >= 0.6 is 0 Å². The van der Waals surface area contributed by atoms with E-state index in [1.54, 1.807) is 0 Å². The minimum absolute atomic E-state index is 0.000540. The Balaban J connectivity index is 1.40. The van der Waals surface area contributed by atoms with E-state index in [4.69, 9.17) is 23.7 Å². The molecule has 3 saturated heterocycles. The fraction of sp³-hybridized carbons (Fsp3) is 1.00. The number of aliphatic hydroxyl groups excluding tert-OH is 9. The van der Waals surface area contributed by atoms with Gasteiger partial charge in [-0.15, -0.1) is 0 Å². The van der Waals surface area contributed by atoms with Gasteiger partial charge in [-0.1, -0.05) is 0 Å². The van der Waals surface area contributed by atoms with Crippen molar-refractivity contribution in [1.82, 2.24) is 0 Å². The molecule has 0 aliphatic carbocycles. The third-order valence-electron chi connectivity index (χ3n) is 9.19. The van der Waals surface area contributed by atoms with Crippen molar-refractivity contribution in [1.29, 1.82) is 0 Å². The van der Waals surface area contributed by atoms with Crippen molar-refractivity contribution >= 4 is 0 Å². The molecule has 3 heterocycles. The second-order valence-corrected chi connectivity index (χ2v) is 12.4. The molecule has 13 atom stereocenters. The van der Waals surface area contributed by atoms with Gasteiger partial charge in [0, 0.05) is 42.8 Å². The fourth-order valence-electron chi connectivity index (χ4n) is 5.88. The molecule has 0 amide bonds. The Morgan fingerprint density at radius 3 is 1.48 bits per heavy atom. The van der Waals surface area contributed by atoms with E-state index in [0.717, 1.165) is 0 Å². The molecule has 3 aliphatic heterocycles. The van der Waals surface area contributed by atoms with Crippen molar-refractivity contribution in [2.45, 2.75) is 61.4 Å². The minimum atomic E-state index is -2.74. The molecule has 3 rings (SSSR count). The molecule has 11 N–H and O–H groups in total. The lowest BCUT2D eigenvalue weighted by Crippen LogP contribution is -2.59. The third-order valence-corrected chi connectivity index (χ3v) is 9.19. The SMILES string of the molecule is OCC1COCC(COCC2COCC(CCOCCC3COCC(CO)C(O)(O)C(O)C3O)C(O)C(O)C2O)C(O)C1O. The van der Waals surface area contributed by atoms with Gasteiger partial charge < -0.3 is 79.9 Å². The number of hydrogen-bond donors (Lipinski definition) is 11. The quantitative estimate of drug-likeness (QED) is 0.0700. The topological polar surface area (TPSA) is 269 Å². The second-order valence-electron chi connectivity index (χ2n) is 12.4. The summed E-state index contributed by atoms with van der Waals surface area (Å²) < 4.78 is 27.9. The standard InChI is InChI=1S/C28H52O16/c29-5-17-9-42-10-18(23(33)22(17)32)11-43-13-19-12-41-7-15(21(31)26(36)24(19)34)1-3-40-4-2-16-8-44-14-20(6-30)28(38,39)27(37)25(16)35/h15-27,29-39H,1-14H2. The van der Waals surface area contributed by atoms with Crippen LogP contribution in [-0.4, -0.2) is 184 Å². The fourth-order valence-corrected chi connectivity index (χ4v) is 5.88. The summed E-state index contributed by atoms with van der Waals surface area (Å²) in [5, 5.41) is 113. The zero-order valence-electron chi connectivity index (χ0n) is 24.9. The summed E-state index contributed by atoms with van der Waals surface area (Å²) in [4.78, 5) is 0. The van der Waals surface area contributed by atoms with Crippen LogP contribution in [0.1, 0.15) is 12.8 Å². The molecule has 0 saturated carbocycles. The maximum Gasteiger partial charge on any atom is 0.199 e. The van der Waals surface area contributed by atoms with Crippen LogP contribution in [0.3, 0.4) is 0 Å². The summed E-state index contributed by atoms with van der Waals surface area (Å²) >= 11 is 0. The summed E-state index contributed by atoms with van der Waals surface area (Å²) in [5.41, 5.74) is 0. The van der Waals surface area contributed by atoms with Crippen LogP contribution in [0.2, 0.25) is 0 Å². The zero-order chi connectivity index (χ0) is 32.4. The normalized spacial score (nSPS) is 42.5. The molecule has 3 aliphatic rings. The van der Waals surface area contributed by atoms with E-state index in [9.17, 15) is 56.2 Å². The summed E-state index contributed by atoms with van der Waals surface area (Å²) in [6.07, 6.45) is -9.57. The van der Waals surface area contributed by atoms with Gasteiger partial charge in [-0.05, 0) is 12.8 Å². The van der Waals surface area contributed by atoms with E-state index in [1.165, 1.54) is 0 Å². The maximum atomic E-state index is 10.7. The lowest BCUT2D eigenvalue weighted by molar-refractivity contribution is -0.301. The Labute approximate surface area is 256 Å². The number of aliphatic hydroxyl groups is 11. The third kappa shape index (κ3) is 9.70.